The summed E-state index contributed by atoms with van der Waals surface area (Å²) in [6, 6.07) is 4.48. The first-order valence-electron chi connectivity index (χ1n) is 8.84. The Balaban J connectivity index is 1.83. The van der Waals surface area contributed by atoms with Crippen LogP contribution in [0.2, 0.25) is 0 Å². The van der Waals surface area contributed by atoms with Crippen LogP contribution in [0.5, 0.6) is 0 Å². The number of aryl methyl sites for hydroxylation is 2. The van der Waals surface area contributed by atoms with E-state index in [-0.39, 0.29) is 4.90 Å². The van der Waals surface area contributed by atoms with Crippen molar-refractivity contribution in [2.75, 3.05) is 26.2 Å². The van der Waals surface area contributed by atoms with E-state index in [1.807, 2.05) is 4.90 Å². The zero-order valence-corrected chi connectivity index (χ0v) is 16.1. The smallest absolute Gasteiger partial charge is 0.316 e. The van der Waals surface area contributed by atoms with Gasteiger partial charge in [0.1, 0.15) is 0 Å². The highest BCUT2D eigenvalue weighted by atomic mass is 32.2. The first-order valence-corrected chi connectivity index (χ1v) is 10.3. The molecule has 1 aromatic heterocycles. The van der Waals surface area contributed by atoms with Crippen LogP contribution >= 0.6 is 0 Å². The van der Waals surface area contributed by atoms with Crippen molar-refractivity contribution in [1.82, 2.24) is 18.3 Å². The summed E-state index contributed by atoms with van der Waals surface area (Å²) in [5, 5.41) is 0. The number of fused-ring (bicyclic) bond motifs is 1. The number of guanidine groups is 1. The molecule has 1 fully saturated rings. The zero-order chi connectivity index (χ0) is 19.3. The van der Waals surface area contributed by atoms with Crippen LogP contribution in [-0.4, -0.2) is 58.9 Å². The summed E-state index contributed by atoms with van der Waals surface area (Å²) in [5.41, 5.74) is -0.457. The molecule has 0 unspecified atom stereocenters. The van der Waals surface area contributed by atoms with Crippen molar-refractivity contribution in [3.05, 3.63) is 38.9 Å². The molecule has 0 aliphatic carbocycles. The molecule has 0 amide bonds. The summed E-state index contributed by atoms with van der Waals surface area (Å²) in [4.78, 5) is 30.5. The minimum atomic E-state index is -3.81. The Morgan fingerprint density at radius 2 is 1.56 bits per heavy atom. The molecule has 0 saturated carbocycles. The maximum absolute atomic E-state index is 13.3. The van der Waals surface area contributed by atoms with Gasteiger partial charge in [0, 0.05) is 27.2 Å². The molecule has 0 atom stereocenters. The van der Waals surface area contributed by atoms with Gasteiger partial charge in [-0.15, -0.1) is 0 Å². The first-order chi connectivity index (χ1) is 12.8. The number of hydrogen-bond donors (Lipinski definition) is 0. The average molecular weight is 391 g/mol. The van der Waals surface area contributed by atoms with Crippen LogP contribution in [0.15, 0.2) is 37.7 Å². The zero-order valence-electron chi connectivity index (χ0n) is 15.3. The number of aliphatic imine (C=N–C) groups is 1. The van der Waals surface area contributed by atoms with Gasteiger partial charge in [-0.25, -0.2) is 12.7 Å². The van der Waals surface area contributed by atoms with Gasteiger partial charge in [-0.2, -0.15) is 0 Å². The normalized spacial score (nSPS) is 17.8. The minimum absolute atomic E-state index is 0.0810. The summed E-state index contributed by atoms with van der Waals surface area (Å²) < 4.78 is 30.3. The third-order valence-corrected chi connectivity index (χ3v) is 6.99. The number of aromatic nitrogens is 2. The third-order valence-electron chi connectivity index (χ3n) is 5.22. The van der Waals surface area contributed by atoms with Crippen LogP contribution in [0.1, 0.15) is 12.8 Å². The molecule has 0 radical (unpaired) electrons. The summed E-state index contributed by atoms with van der Waals surface area (Å²) in [7, 11) is -0.845. The predicted molar refractivity (Wildman–Crippen MR) is 101 cm³/mol. The Bertz CT molecular complexity index is 1170. The number of likely N-dealkylation sites (tertiary alicyclic amines) is 1. The Kier molecular flexibility index (Phi) is 4.10. The van der Waals surface area contributed by atoms with Crippen LogP contribution in [-0.2, 0) is 24.1 Å². The lowest BCUT2D eigenvalue weighted by Crippen LogP contribution is -2.43. The second kappa shape index (κ2) is 6.22. The standard InChI is InChI=1S/C17H21N5O4S/c1-19-13-6-5-12(11-14(13)20(2)16(24)15(19)23)27(25,26)22-10-7-18-17(22)21-8-3-4-9-21/h5-6,11H,3-4,7-10H2,1-2H3. The van der Waals surface area contributed by atoms with E-state index in [0.29, 0.717) is 30.1 Å². The second-order valence-corrected chi connectivity index (χ2v) is 8.69. The van der Waals surface area contributed by atoms with Crippen molar-refractivity contribution in [2.45, 2.75) is 17.7 Å². The Hall–Kier alpha value is -2.62. The van der Waals surface area contributed by atoms with Gasteiger partial charge in [0.2, 0.25) is 5.96 Å². The molecule has 144 valence electrons. The lowest BCUT2D eigenvalue weighted by atomic mass is 10.3. The molecule has 3 heterocycles. The lowest BCUT2D eigenvalue weighted by Gasteiger charge is -2.27. The van der Waals surface area contributed by atoms with E-state index in [0.717, 1.165) is 25.9 Å². The molecule has 1 saturated heterocycles. The highest BCUT2D eigenvalue weighted by molar-refractivity contribution is 7.89. The van der Waals surface area contributed by atoms with Crippen LogP contribution in [0.25, 0.3) is 11.0 Å². The number of hydrogen-bond acceptors (Lipinski definition) is 6. The fourth-order valence-corrected chi connectivity index (χ4v) is 5.14. The van der Waals surface area contributed by atoms with E-state index in [1.165, 1.54) is 39.7 Å². The number of sulfonamides is 1. The van der Waals surface area contributed by atoms with Gasteiger partial charge in [0.05, 0.1) is 29.0 Å². The van der Waals surface area contributed by atoms with Crippen LogP contribution in [0, 0.1) is 0 Å². The van der Waals surface area contributed by atoms with E-state index >= 15 is 0 Å². The fourth-order valence-electron chi connectivity index (χ4n) is 3.67. The highest BCUT2D eigenvalue weighted by Gasteiger charge is 2.34. The SMILES string of the molecule is Cn1c(=O)c(=O)n(C)c2cc(S(=O)(=O)N3CCN=C3N3CCCC3)ccc21. The van der Waals surface area contributed by atoms with Gasteiger partial charge in [0.25, 0.3) is 10.0 Å². The molecule has 0 bridgehead atoms. The highest BCUT2D eigenvalue weighted by Crippen LogP contribution is 2.24. The lowest BCUT2D eigenvalue weighted by molar-refractivity contribution is 0.452. The minimum Gasteiger partial charge on any atom is -0.342 e. The Morgan fingerprint density at radius 3 is 2.22 bits per heavy atom. The van der Waals surface area contributed by atoms with E-state index in [1.54, 1.807) is 6.07 Å². The van der Waals surface area contributed by atoms with Gasteiger partial charge >= 0.3 is 11.1 Å². The Labute approximate surface area is 156 Å². The second-order valence-electron chi connectivity index (χ2n) is 6.83. The number of benzene rings is 1. The van der Waals surface area contributed by atoms with E-state index in [4.69, 9.17) is 0 Å². The summed E-state index contributed by atoms with van der Waals surface area (Å²) in [6.07, 6.45) is 2.05. The van der Waals surface area contributed by atoms with Crippen LogP contribution < -0.4 is 11.1 Å². The van der Waals surface area contributed by atoms with Gasteiger partial charge in [0.15, 0.2) is 0 Å². The Morgan fingerprint density at radius 1 is 0.926 bits per heavy atom. The molecule has 0 spiro atoms. The molecule has 10 heteroatoms. The quantitative estimate of drug-likeness (QED) is 0.655. The number of nitrogens with zero attached hydrogens (tertiary/aromatic N) is 5. The van der Waals surface area contributed by atoms with Crippen molar-refractivity contribution >= 4 is 27.0 Å². The van der Waals surface area contributed by atoms with Gasteiger partial charge in [-0.1, -0.05) is 0 Å². The maximum atomic E-state index is 13.3. The summed E-state index contributed by atoms with van der Waals surface area (Å²) >= 11 is 0. The molecule has 2 aliphatic rings. The predicted octanol–water partition coefficient (Wildman–Crippen LogP) is -0.307. The molecule has 27 heavy (non-hydrogen) atoms. The van der Waals surface area contributed by atoms with Crippen molar-refractivity contribution in [2.24, 2.45) is 19.1 Å². The van der Waals surface area contributed by atoms with Crippen molar-refractivity contribution in [3.63, 3.8) is 0 Å². The van der Waals surface area contributed by atoms with E-state index in [9.17, 15) is 18.0 Å². The van der Waals surface area contributed by atoms with E-state index < -0.39 is 21.1 Å². The molecule has 1 aromatic carbocycles. The van der Waals surface area contributed by atoms with E-state index in [2.05, 4.69) is 4.99 Å². The third kappa shape index (κ3) is 2.66. The molecule has 2 aromatic rings. The van der Waals surface area contributed by atoms with Gasteiger partial charge in [-0.3, -0.25) is 14.6 Å². The van der Waals surface area contributed by atoms with Gasteiger partial charge < -0.3 is 14.0 Å². The monoisotopic (exact) mass is 391 g/mol. The number of rotatable bonds is 2. The molecule has 2 aliphatic heterocycles. The maximum Gasteiger partial charge on any atom is 0.316 e. The molecular formula is C17H21N5O4S. The van der Waals surface area contributed by atoms with Gasteiger partial charge in [-0.05, 0) is 31.0 Å². The van der Waals surface area contributed by atoms with Crippen molar-refractivity contribution < 1.29 is 8.42 Å². The molecule has 4 rings (SSSR count). The van der Waals surface area contributed by atoms with Crippen molar-refractivity contribution in [1.29, 1.82) is 0 Å². The van der Waals surface area contributed by atoms with Crippen LogP contribution in [0.4, 0.5) is 0 Å². The average Bonchev–Trinajstić information content (AvgIpc) is 3.35. The molecular weight excluding hydrogens is 370 g/mol. The van der Waals surface area contributed by atoms with Crippen LogP contribution in [0.3, 0.4) is 0 Å². The molecule has 0 N–H and O–H groups in total. The summed E-state index contributed by atoms with van der Waals surface area (Å²) in [6.45, 7) is 2.35. The topological polar surface area (TPSA) is 97.0 Å². The first kappa shape index (κ1) is 17.8. The largest absolute Gasteiger partial charge is 0.342 e. The van der Waals surface area contributed by atoms with Crippen molar-refractivity contribution in [3.8, 4) is 0 Å². The molecule has 9 nitrogen and oxygen atoms in total. The summed E-state index contributed by atoms with van der Waals surface area (Å²) in [5.74, 6) is 0.502. The fraction of sp³-hybridized carbons (Fsp3) is 0.471.